The van der Waals surface area contributed by atoms with Crippen LogP contribution in [0.3, 0.4) is 0 Å². The Hall–Kier alpha value is -1.95. The van der Waals surface area contributed by atoms with E-state index in [9.17, 15) is 9.90 Å². The van der Waals surface area contributed by atoms with Crippen LogP contribution in [0.15, 0.2) is 18.2 Å². The first-order valence-corrected chi connectivity index (χ1v) is 7.36. The minimum absolute atomic E-state index is 0.154. The molecule has 1 saturated heterocycles. The van der Waals surface area contributed by atoms with Crippen LogP contribution in [-0.4, -0.2) is 49.7 Å². The first-order chi connectivity index (χ1) is 10.0. The van der Waals surface area contributed by atoms with E-state index in [-0.39, 0.29) is 5.69 Å². The van der Waals surface area contributed by atoms with E-state index in [4.69, 9.17) is 0 Å². The van der Waals surface area contributed by atoms with Crippen LogP contribution in [0.25, 0.3) is 5.65 Å². The second kappa shape index (κ2) is 5.44. The van der Waals surface area contributed by atoms with E-state index >= 15 is 0 Å². The van der Waals surface area contributed by atoms with Gasteiger partial charge in [0.15, 0.2) is 17.2 Å². The largest absolute Gasteiger partial charge is 0.477 e. The molecule has 3 rings (SSSR count). The van der Waals surface area contributed by atoms with E-state index in [0.717, 1.165) is 31.8 Å². The molecule has 0 aliphatic carbocycles. The minimum atomic E-state index is -0.983. The summed E-state index contributed by atoms with van der Waals surface area (Å²) in [6.45, 7) is 6.62. The third kappa shape index (κ3) is 2.76. The first-order valence-electron chi connectivity index (χ1n) is 7.36. The van der Waals surface area contributed by atoms with Crippen LogP contribution in [0, 0.1) is 5.92 Å². The van der Waals surface area contributed by atoms with Gasteiger partial charge in [0, 0.05) is 19.0 Å². The summed E-state index contributed by atoms with van der Waals surface area (Å²) in [5, 5.41) is 13.6. The van der Waals surface area contributed by atoms with Crippen LogP contribution in [0.1, 0.15) is 36.6 Å². The Bertz CT molecular complexity index is 665. The van der Waals surface area contributed by atoms with Crippen molar-refractivity contribution in [3.05, 3.63) is 29.7 Å². The minimum Gasteiger partial charge on any atom is -0.477 e. The first kappa shape index (κ1) is 14.0. The quantitative estimate of drug-likeness (QED) is 0.927. The Kier molecular flexibility index (Phi) is 3.63. The molecule has 1 unspecified atom stereocenters. The molecular weight excluding hydrogens is 268 g/mol. The molecule has 2 aromatic rings. The number of carbonyl (C=O) groups is 1. The van der Waals surface area contributed by atoms with Gasteiger partial charge in [0.1, 0.15) is 0 Å². The summed E-state index contributed by atoms with van der Waals surface area (Å²) in [7, 11) is 0. The van der Waals surface area contributed by atoms with Gasteiger partial charge in [-0.15, -0.1) is 0 Å². The summed E-state index contributed by atoms with van der Waals surface area (Å²) in [5.74, 6) is 0.307. The Balaban J connectivity index is 1.80. The highest BCUT2D eigenvalue weighted by Crippen LogP contribution is 2.21. The van der Waals surface area contributed by atoms with Crippen molar-refractivity contribution in [1.82, 2.24) is 19.5 Å². The lowest BCUT2D eigenvalue weighted by atomic mass is 10.1. The predicted molar refractivity (Wildman–Crippen MR) is 78.5 cm³/mol. The van der Waals surface area contributed by atoms with Crippen molar-refractivity contribution in [2.75, 3.05) is 13.1 Å². The van der Waals surface area contributed by atoms with E-state index in [1.165, 1.54) is 4.52 Å². The maximum absolute atomic E-state index is 11.2. The number of pyridine rings is 1. The van der Waals surface area contributed by atoms with Crippen LogP contribution in [0.2, 0.25) is 0 Å². The second-order valence-corrected chi connectivity index (χ2v) is 5.96. The summed E-state index contributed by atoms with van der Waals surface area (Å²) in [6.07, 6.45) is 1.96. The van der Waals surface area contributed by atoms with Gasteiger partial charge in [0.2, 0.25) is 0 Å². The lowest BCUT2D eigenvalue weighted by Gasteiger charge is -2.19. The van der Waals surface area contributed by atoms with Crippen molar-refractivity contribution < 1.29 is 9.90 Å². The molecule has 1 atom stereocenters. The van der Waals surface area contributed by atoms with Gasteiger partial charge >= 0.3 is 5.97 Å². The number of likely N-dealkylation sites (tertiary alicyclic amines) is 1. The van der Waals surface area contributed by atoms with Crippen LogP contribution in [-0.2, 0) is 6.42 Å². The van der Waals surface area contributed by atoms with Gasteiger partial charge in [-0.2, -0.15) is 5.10 Å². The fourth-order valence-corrected chi connectivity index (χ4v) is 2.95. The van der Waals surface area contributed by atoms with Gasteiger partial charge in [0.25, 0.3) is 0 Å². The van der Waals surface area contributed by atoms with Gasteiger partial charge in [-0.1, -0.05) is 6.07 Å². The van der Waals surface area contributed by atoms with Crippen LogP contribution in [0.5, 0.6) is 0 Å². The normalized spacial score (nSPS) is 19.7. The van der Waals surface area contributed by atoms with E-state index in [0.29, 0.717) is 17.6 Å². The van der Waals surface area contributed by atoms with Gasteiger partial charge < -0.3 is 10.0 Å². The molecule has 1 aliphatic heterocycles. The average Bonchev–Trinajstić information content (AvgIpc) is 3.04. The molecule has 112 valence electrons. The lowest BCUT2D eigenvalue weighted by molar-refractivity contribution is 0.0687. The van der Waals surface area contributed by atoms with Crippen LogP contribution >= 0.6 is 0 Å². The smallest absolute Gasteiger partial charge is 0.354 e. The number of hydrogen-bond acceptors (Lipinski definition) is 4. The van der Waals surface area contributed by atoms with Crippen molar-refractivity contribution in [3.63, 3.8) is 0 Å². The number of aromatic carboxylic acids is 1. The van der Waals surface area contributed by atoms with Crippen LogP contribution in [0.4, 0.5) is 0 Å². The van der Waals surface area contributed by atoms with Gasteiger partial charge in [-0.3, -0.25) is 0 Å². The number of carboxylic acid groups (broad SMARTS) is 1. The Morgan fingerprint density at radius 1 is 1.48 bits per heavy atom. The Morgan fingerprint density at radius 2 is 2.29 bits per heavy atom. The summed E-state index contributed by atoms with van der Waals surface area (Å²) >= 11 is 0. The van der Waals surface area contributed by atoms with E-state index in [1.807, 2.05) is 0 Å². The predicted octanol–water partition coefficient (Wildman–Crippen LogP) is 1.70. The maximum atomic E-state index is 11.2. The van der Waals surface area contributed by atoms with Gasteiger partial charge in [0.05, 0.1) is 0 Å². The van der Waals surface area contributed by atoms with E-state index < -0.39 is 5.97 Å². The molecule has 3 heterocycles. The highest BCUT2D eigenvalue weighted by molar-refractivity contribution is 5.86. The number of hydrogen-bond donors (Lipinski definition) is 1. The van der Waals surface area contributed by atoms with Crippen LogP contribution < -0.4 is 0 Å². The zero-order valence-corrected chi connectivity index (χ0v) is 12.4. The van der Waals surface area contributed by atoms with E-state index in [2.05, 4.69) is 28.8 Å². The molecule has 1 aliphatic rings. The number of aromatic nitrogens is 3. The van der Waals surface area contributed by atoms with Crippen molar-refractivity contribution in [2.24, 2.45) is 5.92 Å². The third-order valence-corrected chi connectivity index (χ3v) is 4.14. The van der Waals surface area contributed by atoms with E-state index in [1.54, 1.807) is 18.2 Å². The zero-order chi connectivity index (χ0) is 15.0. The molecule has 6 heteroatoms. The molecule has 2 aromatic heterocycles. The molecule has 0 radical (unpaired) electrons. The molecule has 1 N–H and O–H groups in total. The summed E-state index contributed by atoms with van der Waals surface area (Å²) < 4.78 is 1.42. The van der Waals surface area contributed by atoms with Crippen molar-refractivity contribution in [1.29, 1.82) is 0 Å². The number of fused-ring (bicyclic) bond motifs is 1. The van der Waals surface area contributed by atoms with Crippen molar-refractivity contribution in [3.8, 4) is 0 Å². The van der Waals surface area contributed by atoms with Gasteiger partial charge in [-0.05, 0) is 44.9 Å². The van der Waals surface area contributed by atoms with Crippen molar-refractivity contribution in [2.45, 2.75) is 32.7 Å². The molecule has 0 amide bonds. The summed E-state index contributed by atoms with van der Waals surface area (Å²) in [4.78, 5) is 18.1. The molecule has 21 heavy (non-hydrogen) atoms. The highest BCUT2D eigenvalue weighted by atomic mass is 16.4. The number of carboxylic acids is 1. The molecule has 6 nitrogen and oxygen atoms in total. The topological polar surface area (TPSA) is 70.7 Å². The lowest BCUT2D eigenvalue weighted by Crippen LogP contribution is -2.28. The second-order valence-electron chi connectivity index (χ2n) is 5.96. The zero-order valence-electron chi connectivity index (χ0n) is 12.4. The molecule has 0 aromatic carbocycles. The Labute approximate surface area is 123 Å². The Morgan fingerprint density at radius 3 is 2.95 bits per heavy atom. The fraction of sp³-hybridized carbons (Fsp3) is 0.533. The van der Waals surface area contributed by atoms with Crippen molar-refractivity contribution >= 4 is 11.6 Å². The maximum Gasteiger partial charge on any atom is 0.354 e. The number of nitrogens with zero attached hydrogens (tertiary/aromatic N) is 4. The summed E-state index contributed by atoms with van der Waals surface area (Å²) in [5.41, 5.74) is 0.755. The fourth-order valence-electron chi connectivity index (χ4n) is 2.95. The average molecular weight is 288 g/mol. The molecule has 0 spiro atoms. The molecule has 0 bridgehead atoms. The molecule has 0 saturated carbocycles. The van der Waals surface area contributed by atoms with Gasteiger partial charge in [-0.25, -0.2) is 14.3 Å². The SMILES string of the molecule is CC(C)N1CCC(Cc2nc3cccc(C(=O)O)n3n2)C1. The standard InChI is InChI=1S/C15H20N4O2/c1-10(2)18-7-6-11(9-18)8-13-16-14-5-3-4-12(15(20)21)19(14)17-13/h3-5,10-11H,6-9H2,1-2H3,(H,20,21). The number of rotatable bonds is 4. The molecular formula is C15H20N4O2. The monoisotopic (exact) mass is 288 g/mol. The third-order valence-electron chi connectivity index (χ3n) is 4.14. The highest BCUT2D eigenvalue weighted by Gasteiger charge is 2.25. The summed E-state index contributed by atoms with van der Waals surface area (Å²) in [6, 6.07) is 5.61. The molecule has 1 fully saturated rings.